The molecule has 1 aliphatic heterocycles. The van der Waals surface area contributed by atoms with Crippen molar-refractivity contribution in [3.05, 3.63) is 46.5 Å². The predicted molar refractivity (Wildman–Crippen MR) is 130 cm³/mol. The molecular formula is C23H28N6O3S. The van der Waals surface area contributed by atoms with Crippen LogP contribution in [0.2, 0.25) is 0 Å². The molecule has 3 aromatic rings. The molecule has 3 heterocycles. The summed E-state index contributed by atoms with van der Waals surface area (Å²) in [6.45, 7) is 5.87. The van der Waals surface area contributed by atoms with Gasteiger partial charge in [0, 0.05) is 25.3 Å². The normalized spacial score (nSPS) is 16.1. The number of nitrogens with zero attached hydrogens (tertiary/aromatic N) is 4. The van der Waals surface area contributed by atoms with Crippen LogP contribution in [0.1, 0.15) is 31.7 Å². The average Bonchev–Trinajstić information content (AvgIpc) is 3.25. The van der Waals surface area contributed by atoms with Crippen LogP contribution in [-0.2, 0) is 16.1 Å². The predicted octanol–water partition coefficient (Wildman–Crippen LogP) is 2.54. The standard InChI is InChI=1S/C23H28N6O3S/c1-3-9-24-21(31)16-7-5-10-28(12-16)23-27-20-19(33-23)22(32)29(14-25-20)13-18(30)26-17-8-4-6-15(2)11-17/h4,6,8,11,14,16H,3,5,7,9-10,12-13H2,1-2H3,(H,24,31)(H,26,30)/t16-/m0/s1. The van der Waals surface area contributed by atoms with Gasteiger partial charge in [-0.05, 0) is 43.9 Å². The van der Waals surface area contributed by atoms with Gasteiger partial charge in [-0.2, -0.15) is 4.98 Å². The molecule has 9 nitrogen and oxygen atoms in total. The number of hydrogen-bond acceptors (Lipinski definition) is 7. The molecule has 0 radical (unpaired) electrons. The van der Waals surface area contributed by atoms with Gasteiger partial charge in [0.1, 0.15) is 17.6 Å². The van der Waals surface area contributed by atoms with E-state index in [9.17, 15) is 14.4 Å². The SMILES string of the molecule is CCCNC(=O)[C@H]1CCCN(c2nc3ncn(CC(=O)Nc4cccc(C)c4)c(=O)c3s2)C1. The van der Waals surface area contributed by atoms with Crippen LogP contribution in [0.4, 0.5) is 10.8 Å². The lowest BCUT2D eigenvalue weighted by molar-refractivity contribution is -0.125. The molecular weight excluding hydrogens is 440 g/mol. The fourth-order valence-corrected chi connectivity index (χ4v) is 4.92. The zero-order valence-corrected chi connectivity index (χ0v) is 19.7. The maximum absolute atomic E-state index is 13.0. The van der Waals surface area contributed by atoms with E-state index in [-0.39, 0.29) is 29.8 Å². The number of thiazole rings is 1. The molecule has 1 saturated heterocycles. The molecule has 0 unspecified atom stereocenters. The Labute approximate surface area is 195 Å². The molecule has 0 bridgehead atoms. The number of piperidine rings is 1. The first-order valence-electron chi connectivity index (χ1n) is 11.2. The van der Waals surface area contributed by atoms with Gasteiger partial charge < -0.3 is 15.5 Å². The van der Waals surface area contributed by atoms with Gasteiger partial charge in [0.25, 0.3) is 5.56 Å². The number of fused-ring (bicyclic) bond motifs is 1. The summed E-state index contributed by atoms with van der Waals surface area (Å²) >= 11 is 1.26. The first-order valence-corrected chi connectivity index (χ1v) is 12.0. The van der Waals surface area contributed by atoms with E-state index in [0.717, 1.165) is 31.4 Å². The van der Waals surface area contributed by atoms with Gasteiger partial charge in [-0.1, -0.05) is 30.4 Å². The van der Waals surface area contributed by atoms with Crippen molar-refractivity contribution in [2.45, 2.75) is 39.7 Å². The van der Waals surface area contributed by atoms with Crippen molar-refractivity contribution in [2.24, 2.45) is 5.92 Å². The Morgan fingerprint density at radius 1 is 1.30 bits per heavy atom. The highest BCUT2D eigenvalue weighted by Crippen LogP contribution is 2.29. The molecule has 174 valence electrons. The lowest BCUT2D eigenvalue weighted by atomic mass is 9.97. The zero-order valence-electron chi connectivity index (χ0n) is 18.8. The number of nitrogens with one attached hydrogen (secondary N) is 2. The molecule has 1 aliphatic rings. The van der Waals surface area contributed by atoms with Crippen LogP contribution < -0.4 is 21.1 Å². The van der Waals surface area contributed by atoms with E-state index in [0.29, 0.717) is 34.3 Å². The lowest BCUT2D eigenvalue weighted by Crippen LogP contribution is -2.43. The summed E-state index contributed by atoms with van der Waals surface area (Å²) in [6, 6.07) is 7.48. The van der Waals surface area contributed by atoms with Crippen LogP contribution in [0, 0.1) is 12.8 Å². The third kappa shape index (κ3) is 5.39. The van der Waals surface area contributed by atoms with Crippen molar-refractivity contribution in [3.8, 4) is 0 Å². The third-order valence-electron chi connectivity index (χ3n) is 5.60. The van der Waals surface area contributed by atoms with Gasteiger partial charge in [0.05, 0.1) is 5.92 Å². The monoisotopic (exact) mass is 468 g/mol. The van der Waals surface area contributed by atoms with Crippen molar-refractivity contribution in [2.75, 3.05) is 29.9 Å². The van der Waals surface area contributed by atoms with Gasteiger partial charge in [0.15, 0.2) is 10.8 Å². The van der Waals surface area contributed by atoms with E-state index in [1.807, 2.05) is 32.0 Å². The van der Waals surface area contributed by atoms with E-state index in [1.165, 1.54) is 22.2 Å². The Morgan fingerprint density at radius 2 is 2.15 bits per heavy atom. The Balaban J connectivity index is 1.48. The number of aromatic nitrogens is 3. The van der Waals surface area contributed by atoms with Crippen molar-refractivity contribution >= 4 is 44.3 Å². The molecule has 1 fully saturated rings. The van der Waals surface area contributed by atoms with Crippen molar-refractivity contribution in [3.63, 3.8) is 0 Å². The quantitative estimate of drug-likeness (QED) is 0.552. The smallest absolute Gasteiger partial charge is 0.273 e. The van der Waals surface area contributed by atoms with Crippen molar-refractivity contribution < 1.29 is 9.59 Å². The lowest BCUT2D eigenvalue weighted by Gasteiger charge is -2.31. The zero-order chi connectivity index (χ0) is 23.4. The molecule has 2 aromatic heterocycles. The number of aryl methyl sites for hydroxylation is 1. The number of carbonyl (C=O) groups is 2. The summed E-state index contributed by atoms with van der Waals surface area (Å²) in [5.74, 6) is -0.319. The minimum absolute atomic E-state index is 0.0720. The largest absolute Gasteiger partial charge is 0.356 e. The highest BCUT2D eigenvalue weighted by atomic mass is 32.1. The molecule has 10 heteroatoms. The fourth-order valence-electron chi connectivity index (χ4n) is 3.92. The number of benzene rings is 1. The molecule has 4 rings (SSSR count). The minimum Gasteiger partial charge on any atom is -0.356 e. The Morgan fingerprint density at radius 3 is 2.94 bits per heavy atom. The molecule has 0 spiro atoms. The van der Waals surface area contributed by atoms with Gasteiger partial charge in [-0.15, -0.1) is 0 Å². The van der Waals surface area contributed by atoms with Crippen LogP contribution in [0.15, 0.2) is 35.4 Å². The van der Waals surface area contributed by atoms with Crippen LogP contribution >= 0.6 is 11.3 Å². The highest BCUT2D eigenvalue weighted by molar-refractivity contribution is 7.22. The summed E-state index contributed by atoms with van der Waals surface area (Å²) in [5, 5.41) is 6.46. The minimum atomic E-state index is -0.300. The van der Waals surface area contributed by atoms with E-state index < -0.39 is 0 Å². The first-order chi connectivity index (χ1) is 15.9. The molecule has 2 amide bonds. The molecule has 1 atom stereocenters. The Hall–Kier alpha value is -3.27. The first kappa shape index (κ1) is 22.9. The van der Waals surface area contributed by atoms with Crippen LogP contribution in [0.25, 0.3) is 10.3 Å². The number of anilines is 2. The second-order valence-corrected chi connectivity index (χ2v) is 9.30. The topological polar surface area (TPSA) is 109 Å². The molecule has 1 aromatic carbocycles. The van der Waals surface area contributed by atoms with Gasteiger partial charge in [-0.3, -0.25) is 19.0 Å². The maximum Gasteiger partial charge on any atom is 0.273 e. The van der Waals surface area contributed by atoms with Gasteiger partial charge in [-0.25, -0.2) is 4.98 Å². The summed E-state index contributed by atoms with van der Waals surface area (Å²) in [4.78, 5) is 48.7. The highest BCUT2D eigenvalue weighted by Gasteiger charge is 2.27. The number of carbonyl (C=O) groups excluding carboxylic acids is 2. The van der Waals surface area contributed by atoms with Crippen molar-refractivity contribution in [1.29, 1.82) is 0 Å². The maximum atomic E-state index is 13.0. The van der Waals surface area contributed by atoms with Crippen molar-refractivity contribution in [1.82, 2.24) is 19.9 Å². The molecule has 33 heavy (non-hydrogen) atoms. The Kier molecular flexibility index (Phi) is 7.02. The fraction of sp³-hybridized carbons (Fsp3) is 0.435. The van der Waals surface area contributed by atoms with E-state index >= 15 is 0 Å². The van der Waals surface area contributed by atoms with E-state index in [4.69, 9.17) is 0 Å². The van der Waals surface area contributed by atoms with E-state index in [2.05, 4.69) is 25.5 Å². The second-order valence-electron chi connectivity index (χ2n) is 8.32. The number of amides is 2. The van der Waals surface area contributed by atoms with Crippen LogP contribution in [-0.4, -0.2) is 46.0 Å². The van der Waals surface area contributed by atoms with Crippen LogP contribution in [0.5, 0.6) is 0 Å². The third-order valence-corrected chi connectivity index (χ3v) is 6.69. The summed E-state index contributed by atoms with van der Waals surface area (Å²) in [7, 11) is 0. The van der Waals surface area contributed by atoms with Gasteiger partial charge in [0.2, 0.25) is 11.8 Å². The Bertz CT molecular complexity index is 1220. The van der Waals surface area contributed by atoms with Gasteiger partial charge >= 0.3 is 0 Å². The summed E-state index contributed by atoms with van der Waals surface area (Å²) < 4.78 is 1.71. The second kappa shape index (κ2) is 10.1. The molecule has 0 aliphatic carbocycles. The number of rotatable bonds is 7. The molecule has 0 saturated carbocycles. The summed E-state index contributed by atoms with van der Waals surface area (Å²) in [5.41, 5.74) is 1.79. The summed E-state index contributed by atoms with van der Waals surface area (Å²) in [6.07, 6.45) is 4.00. The number of hydrogen-bond donors (Lipinski definition) is 2. The average molecular weight is 469 g/mol. The van der Waals surface area contributed by atoms with Crippen LogP contribution in [0.3, 0.4) is 0 Å². The molecule has 2 N–H and O–H groups in total. The van der Waals surface area contributed by atoms with E-state index in [1.54, 1.807) is 6.07 Å².